The normalized spacial score (nSPS) is 11.3. The molecule has 0 bridgehead atoms. The van der Waals surface area contributed by atoms with Gasteiger partial charge in [-0.3, -0.25) is 4.79 Å². The van der Waals surface area contributed by atoms with Gasteiger partial charge >= 0.3 is 5.97 Å². The second-order valence-corrected chi connectivity index (χ2v) is 5.71. The van der Waals surface area contributed by atoms with E-state index in [0.29, 0.717) is 11.5 Å². The number of hydrogen-bond donors (Lipinski definition) is 1. The molecule has 0 unspecified atom stereocenters. The van der Waals surface area contributed by atoms with Crippen molar-refractivity contribution in [3.63, 3.8) is 0 Å². The Labute approximate surface area is 158 Å². The van der Waals surface area contributed by atoms with Gasteiger partial charge in [-0.15, -0.1) is 0 Å². The third-order valence-electron chi connectivity index (χ3n) is 3.95. The first kappa shape index (κ1) is 20.1. The first-order valence-electron chi connectivity index (χ1n) is 8.31. The number of esters is 1. The van der Waals surface area contributed by atoms with Gasteiger partial charge in [0.1, 0.15) is 5.75 Å². The van der Waals surface area contributed by atoms with Crippen LogP contribution >= 0.6 is 0 Å². The highest BCUT2D eigenvalue weighted by molar-refractivity contribution is 5.92. The lowest BCUT2D eigenvalue weighted by Crippen LogP contribution is -2.31. The molecule has 1 amide bonds. The van der Waals surface area contributed by atoms with E-state index in [4.69, 9.17) is 18.9 Å². The van der Waals surface area contributed by atoms with Gasteiger partial charge in [0.2, 0.25) is 0 Å². The molecule has 0 radical (unpaired) electrons. The van der Waals surface area contributed by atoms with Crippen LogP contribution < -0.4 is 19.5 Å². The summed E-state index contributed by atoms with van der Waals surface area (Å²) in [6.07, 6.45) is 0. The maximum atomic E-state index is 12.1. The van der Waals surface area contributed by atoms with Crippen molar-refractivity contribution >= 4 is 11.9 Å². The molecule has 27 heavy (non-hydrogen) atoms. The molecule has 0 saturated carbocycles. The summed E-state index contributed by atoms with van der Waals surface area (Å²) in [5.74, 6) is 0.626. The fourth-order valence-corrected chi connectivity index (χ4v) is 2.44. The number of nitrogens with one attached hydrogen (secondary N) is 1. The highest BCUT2D eigenvalue weighted by atomic mass is 16.5. The van der Waals surface area contributed by atoms with Crippen molar-refractivity contribution in [2.24, 2.45) is 0 Å². The molecule has 1 N–H and O–H groups in total. The minimum absolute atomic E-state index is 0.233. The standard InChI is InChI=1S/C20H23NO6/c1-13(14-5-8-16(24-2)9-6-14)21-19(22)12-27-20(23)15-7-10-17(25-3)18(11-15)26-4/h5-11,13H,12H2,1-4H3,(H,21,22)/t13-/m0/s1. The molecular weight excluding hydrogens is 350 g/mol. The second kappa shape index (κ2) is 9.47. The molecule has 2 aromatic rings. The van der Waals surface area contributed by atoms with Crippen LogP contribution in [0.25, 0.3) is 0 Å². The summed E-state index contributed by atoms with van der Waals surface area (Å²) in [4.78, 5) is 24.2. The molecule has 0 saturated heterocycles. The van der Waals surface area contributed by atoms with Crippen molar-refractivity contribution in [2.45, 2.75) is 13.0 Å². The van der Waals surface area contributed by atoms with Crippen molar-refractivity contribution in [3.05, 3.63) is 53.6 Å². The summed E-state index contributed by atoms with van der Waals surface area (Å²) in [5, 5.41) is 2.78. The summed E-state index contributed by atoms with van der Waals surface area (Å²) in [5.41, 5.74) is 1.18. The summed E-state index contributed by atoms with van der Waals surface area (Å²) in [6, 6.07) is 11.8. The molecule has 7 nitrogen and oxygen atoms in total. The minimum atomic E-state index is -0.622. The van der Waals surface area contributed by atoms with E-state index in [-0.39, 0.29) is 18.2 Å². The van der Waals surface area contributed by atoms with Crippen molar-refractivity contribution in [3.8, 4) is 17.2 Å². The van der Waals surface area contributed by atoms with E-state index in [2.05, 4.69) is 5.32 Å². The Hall–Kier alpha value is -3.22. The molecule has 144 valence electrons. The number of rotatable bonds is 8. The highest BCUT2D eigenvalue weighted by Gasteiger charge is 2.15. The van der Waals surface area contributed by atoms with Gasteiger partial charge in [0.05, 0.1) is 32.9 Å². The lowest BCUT2D eigenvalue weighted by molar-refractivity contribution is -0.124. The number of hydrogen-bond acceptors (Lipinski definition) is 6. The summed E-state index contributed by atoms with van der Waals surface area (Å²) in [7, 11) is 4.57. The monoisotopic (exact) mass is 373 g/mol. The zero-order valence-electron chi connectivity index (χ0n) is 15.8. The fraction of sp³-hybridized carbons (Fsp3) is 0.300. The first-order chi connectivity index (χ1) is 13.0. The number of carbonyl (C=O) groups excluding carboxylic acids is 2. The van der Waals surface area contributed by atoms with Crippen molar-refractivity contribution in [1.29, 1.82) is 0 Å². The maximum absolute atomic E-state index is 12.1. The molecule has 0 aliphatic heterocycles. The Morgan fingerprint density at radius 1 is 0.926 bits per heavy atom. The Morgan fingerprint density at radius 3 is 2.19 bits per heavy atom. The number of ether oxygens (including phenoxy) is 4. The Balaban J connectivity index is 1.89. The van der Waals surface area contributed by atoms with E-state index in [0.717, 1.165) is 11.3 Å². The van der Waals surface area contributed by atoms with Crippen LogP contribution in [0.4, 0.5) is 0 Å². The molecule has 2 rings (SSSR count). The second-order valence-electron chi connectivity index (χ2n) is 5.71. The van der Waals surface area contributed by atoms with E-state index in [1.54, 1.807) is 19.2 Å². The summed E-state index contributed by atoms with van der Waals surface area (Å²) >= 11 is 0. The van der Waals surface area contributed by atoms with E-state index in [1.807, 2.05) is 31.2 Å². The van der Waals surface area contributed by atoms with Crippen LogP contribution in [0.2, 0.25) is 0 Å². The first-order valence-corrected chi connectivity index (χ1v) is 8.31. The molecule has 0 aliphatic carbocycles. The smallest absolute Gasteiger partial charge is 0.338 e. The molecule has 7 heteroatoms. The van der Waals surface area contributed by atoms with Gasteiger partial charge in [0, 0.05) is 0 Å². The van der Waals surface area contributed by atoms with Gasteiger partial charge < -0.3 is 24.3 Å². The van der Waals surface area contributed by atoms with E-state index in [1.165, 1.54) is 20.3 Å². The third kappa shape index (κ3) is 5.37. The third-order valence-corrected chi connectivity index (χ3v) is 3.95. The van der Waals surface area contributed by atoms with Crippen LogP contribution in [0.1, 0.15) is 28.9 Å². The van der Waals surface area contributed by atoms with Crippen molar-refractivity contribution in [1.82, 2.24) is 5.32 Å². The predicted octanol–water partition coefficient (Wildman–Crippen LogP) is 2.75. The molecule has 2 aromatic carbocycles. The average molecular weight is 373 g/mol. The lowest BCUT2D eigenvalue weighted by atomic mass is 10.1. The van der Waals surface area contributed by atoms with Gasteiger partial charge in [-0.25, -0.2) is 4.79 Å². The average Bonchev–Trinajstić information content (AvgIpc) is 2.71. The van der Waals surface area contributed by atoms with E-state index < -0.39 is 11.9 Å². The fourth-order valence-electron chi connectivity index (χ4n) is 2.44. The van der Waals surface area contributed by atoms with Crippen LogP contribution in [-0.2, 0) is 9.53 Å². The van der Waals surface area contributed by atoms with Crippen LogP contribution in [-0.4, -0.2) is 39.8 Å². The molecule has 0 spiro atoms. The maximum Gasteiger partial charge on any atom is 0.338 e. The lowest BCUT2D eigenvalue weighted by Gasteiger charge is -2.15. The zero-order chi connectivity index (χ0) is 19.8. The van der Waals surface area contributed by atoms with Crippen molar-refractivity contribution in [2.75, 3.05) is 27.9 Å². The SMILES string of the molecule is COc1ccc([C@H](C)NC(=O)COC(=O)c2ccc(OC)c(OC)c2)cc1. The van der Waals surface area contributed by atoms with Gasteiger partial charge in [-0.2, -0.15) is 0 Å². The minimum Gasteiger partial charge on any atom is -0.497 e. The largest absolute Gasteiger partial charge is 0.497 e. The number of benzene rings is 2. The number of methoxy groups -OCH3 is 3. The van der Waals surface area contributed by atoms with E-state index >= 15 is 0 Å². The molecule has 0 aromatic heterocycles. The topological polar surface area (TPSA) is 83.1 Å². The van der Waals surface area contributed by atoms with Crippen LogP contribution in [0, 0.1) is 0 Å². The van der Waals surface area contributed by atoms with E-state index in [9.17, 15) is 9.59 Å². The Morgan fingerprint density at radius 2 is 1.59 bits per heavy atom. The van der Waals surface area contributed by atoms with Gasteiger partial charge in [-0.1, -0.05) is 12.1 Å². The van der Waals surface area contributed by atoms with Crippen molar-refractivity contribution < 1.29 is 28.5 Å². The molecular formula is C20H23NO6. The summed E-state index contributed by atoms with van der Waals surface area (Å²) < 4.78 is 20.4. The predicted molar refractivity (Wildman–Crippen MR) is 99.4 cm³/mol. The van der Waals surface area contributed by atoms with Crippen LogP contribution in [0.15, 0.2) is 42.5 Å². The van der Waals surface area contributed by atoms with Gasteiger partial charge in [0.25, 0.3) is 5.91 Å². The number of amides is 1. The quantitative estimate of drug-likeness (QED) is 0.717. The Bertz CT molecular complexity index is 788. The molecule has 0 fully saturated rings. The van der Waals surface area contributed by atoms with Gasteiger partial charge in [-0.05, 0) is 42.8 Å². The molecule has 0 aliphatic rings. The van der Waals surface area contributed by atoms with Gasteiger partial charge in [0.15, 0.2) is 18.1 Å². The molecule has 0 heterocycles. The summed E-state index contributed by atoms with van der Waals surface area (Å²) in [6.45, 7) is 1.46. The zero-order valence-corrected chi connectivity index (χ0v) is 15.8. The molecule has 1 atom stereocenters. The highest BCUT2D eigenvalue weighted by Crippen LogP contribution is 2.27. The van der Waals surface area contributed by atoms with Crippen LogP contribution in [0.5, 0.6) is 17.2 Å². The Kier molecular flexibility index (Phi) is 7.05. The van der Waals surface area contributed by atoms with Crippen LogP contribution in [0.3, 0.4) is 0 Å². The number of carbonyl (C=O) groups is 2.